The molecule has 2 heterocycles. The summed E-state index contributed by atoms with van der Waals surface area (Å²) >= 11 is 1.03. The maximum Gasteiger partial charge on any atom is 0.306 e. The third kappa shape index (κ3) is 2.46. The predicted molar refractivity (Wildman–Crippen MR) is 67.2 cm³/mol. The number of amides is 1. The highest BCUT2D eigenvalue weighted by atomic mass is 32.1. The van der Waals surface area contributed by atoms with Gasteiger partial charge in [0.1, 0.15) is 0 Å². The molecular formula is C10H10N4O4S. The van der Waals surface area contributed by atoms with E-state index in [-0.39, 0.29) is 16.3 Å². The summed E-state index contributed by atoms with van der Waals surface area (Å²) in [7, 11) is 0. The van der Waals surface area contributed by atoms with Gasteiger partial charge in [-0.1, -0.05) is 0 Å². The van der Waals surface area contributed by atoms with Gasteiger partial charge in [-0.2, -0.15) is 5.10 Å². The van der Waals surface area contributed by atoms with Crippen LogP contribution in [0.1, 0.15) is 28.3 Å². The van der Waals surface area contributed by atoms with Gasteiger partial charge in [-0.3, -0.25) is 14.9 Å². The Hall–Kier alpha value is -2.26. The molecule has 3 N–H and O–H groups in total. The van der Waals surface area contributed by atoms with Crippen molar-refractivity contribution in [3.8, 4) is 5.00 Å². The summed E-state index contributed by atoms with van der Waals surface area (Å²) in [5.74, 6) is -0.666. The Morgan fingerprint density at radius 1 is 1.68 bits per heavy atom. The molecule has 100 valence electrons. The Bertz CT molecular complexity index is 646. The van der Waals surface area contributed by atoms with Gasteiger partial charge in [0.15, 0.2) is 5.00 Å². The van der Waals surface area contributed by atoms with Gasteiger partial charge in [-0.05, 0) is 6.92 Å². The fraction of sp³-hybridized carbons (Fsp3) is 0.200. The number of thiophene rings is 1. The van der Waals surface area contributed by atoms with E-state index >= 15 is 0 Å². The van der Waals surface area contributed by atoms with Crippen molar-refractivity contribution in [2.45, 2.75) is 13.0 Å². The van der Waals surface area contributed by atoms with Gasteiger partial charge in [-0.25, -0.2) is 4.68 Å². The van der Waals surface area contributed by atoms with E-state index in [0.29, 0.717) is 4.88 Å². The number of hydrogen-bond acceptors (Lipinski definition) is 6. The molecule has 8 nitrogen and oxygen atoms in total. The molecule has 1 atom stereocenters. The molecule has 9 heteroatoms. The van der Waals surface area contributed by atoms with Crippen LogP contribution in [0.4, 0.5) is 5.69 Å². The number of nitrogens with two attached hydrogens (primary N) is 1. The molecule has 0 spiro atoms. The number of aliphatic hydroxyl groups is 1. The third-order valence-corrected chi connectivity index (χ3v) is 3.68. The van der Waals surface area contributed by atoms with Crippen LogP contribution in [0, 0.1) is 10.1 Å². The standard InChI is InChI=1S/C10H10N4O4S/c1-5(15)8-2-7(14(17)18)10(19-8)13-4-6(3-12-13)9(11)16/h2-5,15H,1H3,(H2,11,16)/t5-/m0/s1. The molecule has 0 aliphatic rings. The van der Waals surface area contributed by atoms with E-state index in [4.69, 9.17) is 5.73 Å². The molecule has 1 amide bonds. The fourth-order valence-electron chi connectivity index (χ4n) is 1.45. The highest BCUT2D eigenvalue weighted by Gasteiger charge is 2.23. The van der Waals surface area contributed by atoms with Gasteiger partial charge in [0, 0.05) is 17.1 Å². The topological polar surface area (TPSA) is 124 Å². The molecule has 19 heavy (non-hydrogen) atoms. The van der Waals surface area contributed by atoms with Crippen molar-refractivity contribution in [1.29, 1.82) is 0 Å². The molecule has 2 rings (SSSR count). The van der Waals surface area contributed by atoms with E-state index in [9.17, 15) is 20.0 Å². The lowest BCUT2D eigenvalue weighted by Gasteiger charge is -1.97. The first-order valence-corrected chi connectivity index (χ1v) is 6.03. The summed E-state index contributed by atoms with van der Waals surface area (Å²) < 4.78 is 1.20. The first-order chi connectivity index (χ1) is 8.90. The highest BCUT2D eigenvalue weighted by Crippen LogP contribution is 2.35. The van der Waals surface area contributed by atoms with Crippen molar-refractivity contribution >= 4 is 22.9 Å². The lowest BCUT2D eigenvalue weighted by molar-refractivity contribution is -0.384. The molecule has 2 aromatic rings. The molecular weight excluding hydrogens is 272 g/mol. The van der Waals surface area contributed by atoms with Crippen LogP contribution < -0.4 is 5.73 Å². The lowest BCUT2D eigenvalue weighted by Crippen LogP contribution is -2.09. The first kappa shape index (κ1) is 13.2. The number of primary amides is 1. The largest absolute Gasteiger partial charge is 0.388 e. The molecule has 0 saturated heterocycles. The number of carbonyl (C=O) groups is 1. The second-order valence-electron chi connectivity index (χ2n) is 3.81. The minimum Gasteiger partial charge on any atom is -0.388 e. The molecule has 0 radical (unpaired) electrons. The quantitative estimate of drug-likeness (QED) is 0.639. The van der Waals surface area contributed by atoms with Gasteiger partial charge in [-0.15, -0.1) is 11.3 Å². The van der Waals surface area contributed by atoms with Crippen LogP contribution >= 0.6 is 11.3 Å². The van der Waals surface area contributed by atoms with Crippen LogP contribution in [0.2, 0.25) is 0 Å². The zero-order valence-electron chi connectivity index (χ0n) is 9.81. The minimum absolute atomic E-state index is 0.154. The lowest BCUT2D eigenvalue weighted by atomic mass is 10.3. The van der Waals surface area contributed by atoms with Crippen molar-refractivity contribution in [3.05, 3.63) is 39.0 Å². The number of aliphatic hydroxyl groups excluding tert-OH is 1. The third-order valence-electron chi connectivity index (χ3n) is 2.40. The maximum atomic E-state index is 11.0. The zero-order valence-corrected chi connectivity index (χ0v) is 10.6. The fourth-order valence-corrected chi connectivity index (χ4v) is 2.45. The zero-order chi connectivity index (χ0) is 14.2. The maximum absolute atomic E-state index is 11.0. The number of rotatable bonds is 4. The highest BCUT2D eigenvalue weighted by molar-refractivity contribution is 7.15. The molecule has 0 saturated carbocycles. The van der Waals surface area contributed by atoms with Crippen LogP contribution in [0.5, 0.6) is 0 Å². The molecule has 0 aliphatic carbocycles. The summed E-state index contributed by atoms with van der Waals surface area (Å²) in [5.41, 5.74) is 5.07. The van der Waals surface area contributed by atoms with Crippen molar-refractivity contribution in [3.63, 3.8) is 0 Å². The van der Waals surface area contributed by atoms with E-state index in [2.05, 4.69) is 5.10 Å². The molecule has 0 aromatic carbocycles. The minimum atomic E-state index is -0.816. The summed E-state index contributed by atoms with van der Waals surface area (Å²) in [6.07, 6.45) is 1.73. The van der Waals surface area contributed by atoms with Gasteiger partial charge in [0.25, 0.3) is 5.91 Å². The van der Waals surface area contributed by atoms with Crippen LogP contribution in [0.15, 0.2) is 18.5 Å². The van der Waals surface area contributed by atoms with E-state index in [1.54, 1.807) is 0 Å². The average Bonchev–Trinajstić information content (AvgIpc) is 2.95. The predicted octanol–water partition coefficient (Wildman–Crippen LogP) is 0.994. The van der Waals surface area contributed by atoms with Crippen molar-refractivity contribution < 1.29 is 14.8 Å². The number of nitro groups is 1. The van der Waals surface area contributed by atoms with Gasteiger partial charge >= 0.3 is 5.69 Å². The van der Waals surface area contributed by atoms with Crippen LogP contribution in [0.3, 0.4) is 0 Å². The van der Waals surface area contributed by atoms with Gasteiger partial charge in [0.2, 0.25) is 0 Å². The number of hydrogen-bond donors (Lipinski definition) is 2. The molecule has 2 aromatic heterocycles. The Labute approximate surface area is 111 Å². The molecule has 0 aliphatic heterocycles. The van der Waals surface area contributed by atoms with Gasteiger partial charge < -0.3 is 10.8 Å². The van der Waals surface area contributed by atoms with Crippen molar-refractivity contribution in [1.82, 2.24) is 9.78 Å². The molecule has 0 bridgehead atoms. The summed E-state index contributed by atoms with van der Waals surface area (Å²) in [5, 5.41) is 24.5. The second kappa shape index (κ2) is 4.78. The SMILES string of the molecule is C[C@H](O)c1cc([N+](=O)[O-])c(-n2cc(C(N)=O)cn2)s1. The molecule has 0 fully saturated rings. The Morgan fingerprint density at radius 3 is 2.84 bits per heavy atom. The van der Waals surface area contributed by atoms with Crippen molar-refractivity contribution in [2.75, 3.05) is 0 Å². The number of aromatic nitrogens is 2. The normalized spacial score (nSPS) is 12.3. The van der Waals surface area contributed by atoms with E-state index < -0.39 is 16.9 Å². The van der Waals surface area contributed by atoms with E-state index in [1.807, 2.05) is 0 Å². The first-order valence-electron chi connectivity index (χ1n) is 5.21. The number of carbonyl (C=O) groups excluding carboxylic acids is 1. The van der Waals surface area contributed by atoms with Crippen molar-refractivity contribution in [2.24, 2.45) is 5.73 Å². The Kier molecular flexibility index (Phi) is 3.32. The Balaban J connectivity index is 2.53. The smallest absolute Gasteiger partial charge is 0.306 e. The van der Waals surface area contributed by atoms with E-state index in [1.165, 1.54) is 30.1 Å². The summed E-state index contributed by atoms with van der Waals surface area (Å²) in [6, 6.07) is 1.29. The average molecular weight is 282 g/mol. The van der Waals surface area contributed by atoms with Crippen LogP contribution in [0.25, 0.3) is 5.00 Å². The van der Waals surface area contributed by atoms with Crippen LogP contribution in [-0.4, -0.2) is 25.7 Å². The monoisotopic (exact) mass is 282 g/mol. The van der Waals surface area contributed by atoms with E-state index in [0.717, 1.165) is 11.3 Å². The van der Waals surface area contributed by atoms with Gasteiger partial charge in [0.05, 0.1) is 22.8 Å². The second-order valence-corrected chi connectivity index (χ2v) is 4.87. The summed E-state index contributed by atoms with van der Waals surface area (Å²) in [6.45, 7) is 1.51. The Morgan fingerprint density at radius 2 is 2.37 bits per heavy atom. The molecule has 0 unspecified atom stereocenters. The summed E-state index contributed by atoms with van der Waals surface area (Å²) in [4.78, 5) is 21.8. The van der Waals surface area contributed by atoms with Crippen LogP contribution in [-0.2, 0) is 0 Å². The number of nitrogens with zero attached hydrogens (tertiary/aromatic N) is 3.